The van der Waals surface area contributed by atoms with Gasteiger partial charge in [-0.15, -0.1) is 0 Å². The summed E-state index contributed by atoms with van der Waals surface area (Å²) in [6.45, 7) is 7.79. The average Bonchev–Trinajstić information content (AvgIpc) is 2.75. The summed E-state index contributed by atoms with van der Waals surface area (Å²) < 4.78 is 15.2. The van der Waals surface area contributed by atoms with E-state index in [0.717, 1.165) is 23.5 Å². The van der Waals surface area contributed by atoms with E-state index < -0.39 is 0 Å². The van der Waals surface area contributed by atoms with E-state index in [1.165, 1.54) is 6.07 Å². The number of aryl methyl sites for hydroxylation is 1. The Balaban J connectivity index is 2.23. The maximum Gasteiger partial charge on any atom is 0.123 e. The summed E-state index contributed by atoms with van der Waals surface area (Å²) in [6, 6.07) is 6.75. The van der Waals surface area contributed by atoms with Crippen LogP contribution in [0.1, 0.15) is 25.1 Å². The third kappa shape index (κ3) is 3.64. The predicted molar refractivity (Wildman–Crippen MR) is 74.8 cm³/mol. The van der Waals surface area contributed by atoms with Gasteiger partial charge in [-0.3, -0.25) is 0 Å². The van der Waals surface area contributed by atoms with E-state index in [9.17, 15) is 4.39 Å². The van der Waals surface area contributed by atoms with Gasteiger partial charge in [0.15, 0.2) is 0 Å². The van der Waals surface area contributed by atoms with Gasteiger partial charge in [0.1, 0.15) is 5.82 Å². The van der Waals surface area contributed by atoms with E-state index >= 15 is 0 Å². The molecule has 0 saturated heterocycles. The SMILES string of the molecule is Cc1ccn(-c2ccc(F)cc2CNCC(C)C)n1. The lowest BCUT2D eigenvalue weighted by Gasteiger charge is -2.12. The van der Waals surface area contributed by atoms with Crippen molar-refractivity contribution in [3.8, 4) is 5.69 Å². The summed E-state index contributed by atoms with van der Waals surface area (Å²) in [4.78, 5) is 0. The molecule has 4 heteroatoms. The second-order valence-electron chi connectivity index (χ2n) is 5.20. The van der Waals surface area contributed by atoms with Crippen LogP contribution in [-0.4, -0.2) is 16.3 Å². The Bertz CT molecular complexity index is 546. The topological polar surface area (TPSA) is 29.9 Å². The minimum absolute atomic E-state index is 0.214. The Morgan fingerprint density at radius 3 is 2.74 bits per heavy atom. The molecule has 2 rings (SSSR count). The zero-order valence-electron chi connectivity index (χ0n) is 11.7. The molecule has 19 heavy (non-hydrogen) atoms. The number of rotatable bonds is 5. The molecule has 0 amide bonds. The van der Waals surface area contributed by atoms with Crippen molar-refractivity contribution in [2.45, 2.75) is 27.3 Å². The first-order valence-corrected chi connectivity index (χ1v) is 6.58. The van der Waals surface area contributed by atoms with Crippen molar-refractivity contribution in [1.29, 1.82) is 0 Å². The molecule has 0 aliphatic heterocycles. The molecule has 1 heterocycles. The molecule has 0 aliphatic rings. The molecule has 102 valence electrons. The summed E-state index contributed by atoms with van der Waals surface area (Å²) in [5.74, 6) is 0.359. The van der Waals surface area contributed by atoms with Gasteiger partial charge in [-0.1, -0.05) is 13.8 Å². The van der Waals surface area contributed by atoms with Crippen LogP contribution in [0.3, 0.4) is 0 Å². The molecule has 0 aliphatic carbocycles. The van der Waals surface area contributed by atoms with Gasteiger partial charge in [0.05, 0.1) is 11.4 Å². The lowest BCUT2D eigenvalue weighted by atomic mass is 10.1. The quantitative estimate of drug-likeness (QED) is 0.896. The number of halogens is 1. The largest absolute Gasteiger partial charge is 0.312 e. The fourth-order valence-electron chi connectivity index (χ4n) is 1.96. The van der Waals surface area contributed by atoms with Gasteiger partial charge in [0.25, 0.3) is 0 Å². The fraction of sp³-hybridized carbons (Fsp3) is 0.400. The molecule has 0 atom stereocenters. The van der Waals surface area contributed by atoms with Crippen molar-refractivity contribution in [2.24, 2.45) is 5.92 Å². The van der Waals surface area contributed by atoms with Crippen LogP contribution >= 0.6 is 0 Å². The highest BCUT2D eigenvalue weighted by Crippen LogP contribution is 2.16. The summed E-state index contributed by atoms with van der Waals surface area (Å²) in [6.07, 6.45) is 1.90. The lowest BCUT2D eigenvalue weighted by Crippen LogP contribution is -2.20. The highest BCUT2D eigenvalue weighted by Gasteiger charge is 2.07. The molecule has 0 bridgehead atoms. The Hall–Kier alpha value is -1.68. The normalized spacial score (nSPS) is 11.2. The van der Waals surface area contributed by atoms with Crippen LogP contribution in [-0.2, 0) is 6.54 Å². The predicted octanol–water partition coefficient (Wildman–Crippen LogP) is 3.07. The third-order valence-electron chi connectivity index (χ3n) is 2.88. The number of nitrogens with one attached hydrogen (secondary N) is 1. The van der Waals surface area contributed by atoms with E-state index in [1.807, 2.05) is 19.2 Å². The molecule has 2 aromatic rings. The van der Waals surface area contributed by atoms with Gasteiger partial charge in [-0.2, -0.15) is 5.10 Å². The van der Waals surface area contributed by atoms with Gasteiger partial charge >= 0.3 is 0 Å². The van der Waals surface area contributed by atoms with Crippen molar-refractivity contribution in [1.82, 2.24) is 15.1 Å². The van der Waals surface area contributed by atoms with Crippen LogP contribution in [0.5, 0.6) is 0 Å². The minimum atomic E-state index is -0.214. The van der Waals surface area contributed by atoms with Crippen LogP contribution in [0.25, 0.3) is 5.69 Å². The Labute approximate surface area is 113 Å². The molecule has 0 saturated carbocycles. The number of hydrogen-bond donors (Lipinski definition) is 1. The van der Waals surface area contributed by atoms with Gasteiger partial charge in [-0.05, 0) is 49.2 Å². The number of benzene rings is 1. The van der Waals surface area contributed by atoms with Crippen molar-refractivity contribution in [3.63, 3.8) is 0 Å². The lowest BCUT2D eigenvalue weighted by molar-refractivity contribution is 0.548. The monoisotopic (exact) mass is 261 g/mol. The van der Waals surface area contributed by atoms with E-state index in [-0.39, 0.29) is 5.82 Å². The Morgan fingerprint density at radius 1 is 1.32 bits per heavy atom. The van der Waals surface area contributed by atoms with Gasteiger partial charge in [0, 0.05) is 12.7 Å². The van der Waals surface area contributed by atoms with Crippen molar-refractivity contribution in [3.05, 3.63) is 47.5 Å². The van der Waals surface area contributed by atoms with Crippen LogP contribution in [0, 0.1) is 18.7 Å². The Morgan fingerprint density at radius 2 is 2.11 bits per heavy atom. The van der Waals surface area contributed by atoms with E-state index in [4.69, 9.17) is 0 Å². The van der Waals surface area contributed by atoms with E-state index in [1.54, 1.807) is 16.8 Å². The molecule has 1 aromatic carbocycles. The fourth-order valence-corrected chi connectivity index (χ4v) is 1.96. The zero-order chi connectivity index (χ0) is 13.8. The summed E-state index contributed by atoms with van der Waals surface area (Å²) in [7, 11) is 0. The van der Waals surface area contributed by atoms with Crippen LogP contribution in [0.4, 0.5) is 4.39 Å². The minimum Gasteiger partial charge on any atom is -0.312 e. The van der Waals surface area contributed by atoms with Crippen LogP contribution in [0.2, 0.25) is 0 Å². The summed E-state index contributed by atoms with van der Waals surface area (Å²) in [5, 5.41) is 7.72. The average molecular weight is 261 g/mol. The molecule has 0 radical (unpaired) electrons. The van der Waals surface area contributed by atoms with Crippen molar-refractivity contribution < 1.29 is 4.39 Å². The zero-order valence-corrected chi connectivity index (χ0v) is 11.7. The standard InChI is InChI=1S/C15H20FN3/c1-11(2)9-17-10-13-8-14(16)4-5-15(13)19-7-6-12(3)18-19/h4-8,11,17H,9-10H2,1-3H3. The first kappa shape index (κ1) is 13.7. The highest BCUT2D eigenvalue weighted by molar-refractivity contribution is 5.40. The second kappa shape index (κ2) is 5.97. The molecule has 1 aromatic heterocycles. The number of hydrogen-bond acceptors (Lipinski definition) is 2. The molecule has 0 unspecified atom stereocenters. The molecule has 0 fully saturated rings. The van der Waals surface area contributed by atoms with Gasteiger partial charge < -0.3 is 5.32 Å². The summed E-state index contributed by atoms with van der Waals surface area (Å²) >= 11 is 0. The smallest absolute Gasteiger partial charge is 0.123 e. The third-order valence-corrected chi connectivity index (χ3v) is 2.88. The van der Waals surface area contributed by atoms with Crippen molar-refractivity contribution in [2.75, 3.05) is 6.54 Å². The van der Waals surface area contributed by atoms with Crippen molar-refractivity contribution >= 4 is 0 Å². The first-order valence-electron chi connectivity index (χ1n) is 6.58. The maximum absolute atomic E-state index is 13.4. The molecular weight excluding hydrogens is 241 g/mol. The van der Waals surface area contributed by atoms with Gasteiger partial charge in [-0.25, -0.2) is 9.07 Å². The van der Waals surface area contributed by atoms with Gasteiger partial charge in [0.2, 0.25) is 0 Å². The number of aromatic nitrogens is 2. The first-order chi connectivity index (χ1) is 9.06. The Kier molecular flexibility index (Phi) is 4.32. The summed E-state index contributed by atoms with van der Waals surface area (Å²) in [5.41, 5.74) is 2.79. The van der Waals surface area contributed by atoms with Crippen LogP contribution < -0.4 is 5.32 Å². The molecule has 1 N–H and O–H groups in total. The highest BCUT2D eigenvalue weighted by atomic mass is 19.1. The molecule has 3 nitrogen and oxygen atoms in total. The maximum atomic E-state index is 13.4. The molecular formula is C15H20FN3. The van der Waals surface area contributed by atoms with E-state index in [2.05, 4.69) is 24.3 Å². The van der Waals surface area contributed by atoms with E-state index in [0.29, 0.717) is 12.5 Å². The number of nitrogens with zero attached hydrogens (tertiary/aromatic N) is 2. The second-order valence-corrected chi connectivity index (χ2v) is 5.20. The molecule has 0 spiro atoms. The van der Waals surface area contributed by atoms with Crippen LogP contribution in [0.15, 0.2) is 30.5 Å².